The molecule has 0 unspecified atom stereocenters. The van der Waals surface area contributed by atoms with Crippen molar-refractivity contribution in [3.05, 3.63) is 60.2 Å². The van der Waals surface area contributed by atoms with Gasteiger partial charge in [-0.05, 0) is 49.2 Å². The lowest BCUT2D eigenvalue weighted by atomic mass is 10.2. The van der Waals surface area contributed by atoms with Gasteiger partial charge in [-0.3, -0.25) is 9.98 Å². The molecule has 0 spiro atoms. The third-order valence-electron chi connectivity index (χ3n) is 4.56. The predicted molar refractivity (Wildman–Crippen MR) is 132 cm³/mol. The van der Waals surface area contributed by atoms with Gasteiger partial charge >= 0.3 is 0 Å². The quantitative estimate of drug-likeness (QED) is 0.176. The Balaban J connectivity index is 0.00000341. The molecule has 0 bridgehead atoms. The minimum Gasteiger partial charge on any atom is -0.497 e. The van der Waals surface area contributed by atoms with Crippen LogP contribution in [0.2, 0.25) is 0 Å². The van der Waals surface area contributed by atoms with Crippen molar-refractivity contribution in [3.63, 3.8) is 0 Å². The zero-order valence-corrected chi connectivity index (χ0v) is 20.2. The first-order chi connectivity index (χ1) is 14.8. The van der Waals surface area contributed by atoms with Crippen LogP contribution in [0.15, 0.2) is 58.2 Å². The zero-order valence-electron chi connectivity index (χ0n) is 17.9. The van der Waals surface area contributed by atoms with E-state index in [0.717, 1.165) is 55.2 Å². The predicted octanol–water partition coefficient (Wildman–Crippen LogP) is 3.84. The van der Waals surface area contributed by atoms with Gasteiger partial charge < -0.3 is 19.9 Å². The number of rotatable bonds is 10. The van der Waals surface area contributed by atoms with E-state index >= 15 is 0 Å². The number of hydrogen-bond donors (Lipinski definition) is 2. The lowest BCUT2D eigenvalue weighted by Gasteiger charge is -2.11. The molecule has 166 valence electrons. The average molecular weight is 536 g/mol. The first kappa shape index (κ1) is 24.6. The van der Waals surface area contributed by atoms with E-state index in [9.17, 15) is 0 Å². The summed E-state index contributed by atoms with van der Waals surface area (Å²) in [5.74, 6) is 2.86. The van der Waals surface area contributed by atoms with Crippen molar-refractivity contribution in [2.24, 2.45) is 4.99 Å². The molecule has 0 aliphatic rings. The van der Waals surface area contributed by atoms with Crippen molar-refractivity contribution in [1.29, 1.82) is 0 Å². The van der Waals surface area contributed by atoms with Gasteiger partial charge in [0.15, 0.2) is 5.96 Å². The SMILES string of the molecule is CN=C(NCCCCCc1nc(-c2ccc(OC)cc2)no1)NCc1ccccn1.I. The fourth-order valence-corrected chi connectivity index (χ4v) is 2.90. The molecule has 31 heavy (non-hydrogen) atoms. The summed E-state index contributed by atoms with van der Waals surface area (Å²) in [6.07, 6.45) is 5.65. The summed E-state index contributed by atoms with van der Waals surface area (Å²) in [5, 5.41) is 10.7. The topological polar surface area (TPSA) is 97.5 Å². The molecule has 3 rings (SSSR count). The molecule has 2 heterocycles. The Morgan fingerprint density at radius 1 is 1.06 bits per heavy atom. The highest BCUT2D eigenvalue weighted by Gasteiger charge is 2.08. The summed E-state index contributed by atoms with van der Waals surface area (Å²) >= 11 is 0. The summed E-state index contributed by atoms with van der Waals surface area (Å²) in [5.41, 5.74) is 1.90. The van der Waals surface area contributed by atoms with Crippen molar-refractivity contribution in [1.82, 2.24) is 25.8 Å². The number of nitrogens with zero attached hydrogens (tertiary/aromatic N) is 4. The summed E-state index contributed by atoms with van der Waals surface area (Å²) in [7, 11) is 3.41. The number of aliphatic imine (C=N–C) groups is 1. The van der Waals surface area contributed by atoms with Gasteiger partial charge in [0, 0.05) is 31.8 Å². The van der Waals surface area contributed by atoms with Crippen LogP contribution in [0.5, 0.6) is 5.75 Å². The number of unbranched alkanes of at least 4 members (excludes halogenated alkanes) is 2. The summed E-state index contributed by atoms with van der Waals surface area (Å²) in [6.45, 7) is 1.50. The van der Waals surface area contributed by atoms with Gasteiger partial charge in [-0.2, -0.15) is 4.98 Å². The molecule has 0 radical (unpaired) electrons. The summed E-state index contributed by atoms with van der Waals surface area (Å²) < 4.78 is 10.5. The number of benzene rings is 1. The molecular formula is C22H29IN6O2. The van der Waals surface area contributed by atoms with E-state index in [4.69, 9.17) is 9.26 Å². The van der Waals surface area contributed by atoms with E-state index < -0.39 is 0 Å². The largest absolute Gasteiger partial charge is 0.497 e. The Labute approximate surface area is 199 Å². The first-order valence-electron chi connectivity index (χ1n) is 10.1. The maximum absolute atomic E-state index is 5.37. The number of pyridine rings is 1. The smallest absolute Gasteiger partial charge is 0.226 e. The van der Waals surface area contributed by atoms with Crippen LogP contribution >= 0.6 is 24.0 Å². The van der Waals surface area contributed by atoms with E-state index in [1.807, 2.05) is 42.5 Å². The summed E-state index contributed by atoms with van der Waals surface area (Å²) in [6, 6.07) is 13.5. The molecular weight excluding hydrogens is 507 g/mol. The highest BCUT2D eigenvalue weighted by atomic mass is 127. The Morgan fingerprint density at radius 3 is 2.61 bits per heavy atom. The molecule has 0 saturated heterocycles. The van der Waals surface area contributed by atoms with E-state index in [2.05, 4.69) is 30.8 Å². The molecule has 0 fully saturated rings. The Hall–Kier alpha value is -2.69. The van der Waals surface area contributed by atoms with Gasteiger partial charge in [0.25, 0.3) is 0 Å². The second-order valence-electron chi connectivity index (χ2n) is 6.72. The number of aromatic nitrogens is 3. The Bertz CT molecular complexity index is 915. The highest BCUT2D eigenvalue weighted by Crippen LogP contribution is 2.20. The van der Waals surface area contributed by atoms with Gasteiger partial charge in [-0.1, -0.05) is 17.6 Å². The van der Waals surface area contributed by atoms with Crippen molar-refractivity contribution in [2.45, 2.75) is 32.2 Å². The van der Waals surface area contributed by atoms with E-state index in [1.54, 1.807) is 20.4 Å². The number of guanidine groups is 1. The number of hydrogen-bond acceptors (Lipinski definition) is 6. The number of methoxy groups -OCH3 is 1. The van der Waals surface area contributed by atoms with Gasteiger partial charge in [-0.25, -0.2) is 0 Å². The second kappa shape index (κ2) is 13.6. The average Bonchev–Trinajstić information content (AvgIpc) is 3.28. The molecule has 0 saturated carbocycles. The van der Waals surface area contributed by atoms with Gasteiger partial charge in [-0.15, -0.1) is 24.0 Å². The maximum atomic E-state index is 5.37. The first-order valence-corrected chi connectivity index (χ1v) is 10.1. The molecule has 0 atom stereocenters. The van der Waals surface area contributed by atoms with Crippen LogP contribution in [0.1, 0.15) is 30.8 Å². The fraction of sp³-hybridized carbons (Fsp3) is 0.364. The fourth-order valence-electron chi connectivity index (χ4n) is 2.90. The normalized spacial score (nSPS) is 11.0. The minimum absolute atomic E-state index is 0. The van der Waals surface area contributed by atoms with Gasteiger partial charge in [0.1, 0.15) is 5.75 Å². The number of halogens is 1. The van der Waals surface area contributed by atoms with Crippen LogP contribution in [-0.4, -0.2) is 41.8 Å². The van der Waals surface area contributed by atoms with Crippen molar-refractivity contribution < 1.29 is 9.26 Å². The van der Waals surface area contributed by atoms with Crippen LogP contribution in [0.25, 0.3) is 11.4 Å². The van der Waals surface area contributed by atoms with Crippen LogP contribution in [0.4, 0.5) is 0 Å². The molecule has 3 aromatic rings. The van der Waals surface area contributed by atoms with Crippen LogP contribution in [0.3, 0.4) is 0 Å². The molecule has 0 aliphatic carbocycles. The van der Waals surface area contributed by atoms with Crippen molar-refractivity contribution in [3.8, 4) is 17.1 Å². The van der Waals surface area contributed by atoms with E-state index in [1.165, 1.54) is 0 Å². The summed E-state index contributed by atoms with van der Waals surface area (Å²) in [4.78, 5) is 13.0. The van der Waals surface area contributed by atoms with Gasteiger partial charge in [0.2, 0.25) is 11.7 Å². The third kappa shape index (κ3) is 8.16. The Kier molecular flexibility index (Phi) is 10.8. The lowest BCUT2D eigenvalue weighted by molar-refractivity contribution is 0.374. The molecule has 0 aliphatic heterocycles. The number of aryl methyl sites for hydroxylation is 1. The minimum atomic E-state index is 0. The van der Waals surface area contributed by atoms with Crippen LogP contribution < -0.4 is 15.4 Å². The van der Waals surface area contributed by atoms with Gasteiger partial charge in [0.05, 0.1) is 19.3 Å². The standard InChI is InChI=1S/C22H28N6O2.HI/c1-23-22(26-16-18-8-5-7-14-24-18)25-15-6-3-4-9-20-27-21(28-30-20)17-10-12-19(29-2)13-11-17;/h5,7-8,10-14H,3-4,6,9,15-16H2,1-2H3,(H2,23,25,26);1H. The van der Waals surface area contributed by atoms with E-state index in [-0.39, 0.29) is 24.0 Å². The molecule has 1 aromatic carbocycles. The number of ether oxygens (including phenoxy) is 1. The lowest BCUT2D eigenvalue weighted by Crippen LogP contribution is -2.37. The Morgan fingerprint density at radius 2 is 1.90 bits per heavy atom. The molecule has 9 heteroatoms. The molecule has 8 nitrogen and oxygen atoms in total. The monoisotopic (exact) mass is 536 g/mol. The second-order valence-corrected chi connectivity index (χ2v) is 6.72. The maximum Gasteiger partial charge on any atom is 0.226 e. The third-order valence-corrected chi connectivity index (χ3v) is 4.56. The zero-order chi connectivity index (χ0) is 21.0. The highest BCUT2D eigenvalue weighted by molar-refractivity contribution is 14.0. The molecule has 2 N–H and O–H groups in total. The van der Waals surface area contributed by atoms with Crippen LogP contribution in [0, 0.1) is 0 Å². The molecule has 0 amide bonds. The molecule has 2 aromatic heterocycles. The van der Waals surface area contributed by atoms with E-state index in [0.29, 0.717) is 18.3 Å². The van der Waals surface area contributed by atoms with Crippen molar-refractivity contribution >= 4 is 29.9 Å². The van der Waals surface area contributed by atoms with Crippen molar-refractivity contribution in [2.75, 3.05) is 20.7 Å². The number of nitrogens with one attached hydrogen (secondary N) is 2. The van der Waals surface area contributed by atoms with Crippen LogP contribution in [-0.2, 0) is 13.0 Å².